The minimum Gasteiger partial charge on any atom is -0.490 e. The Morgan fingerprint density at radius 2 is 1.96 bits per heavy atom. The summed E-state index contributed by atoms with van der Waals surface area (Å²) in [4.78, 5) is 0. The van der Waals surface area contributed by atoms with Gasteiger partial charge in [-0.2, -0.15) is 0 Å². The molecule has 0 unspecified atom stereocenters. The van der Waals surface area contributed by atoms with Gasteiger partial charge in [-0.25, -0.2) is 0 Å². The average molecular weight is 310 g/mol. The van der Waals surface area contributed by atoms with Crippen molar-refractivity contribution in [3.63, 3.8) is 0 Å². The summed E-state index contributed by atoms with van der Waals surface area (Å²) < 4.78 is 8.88. The van der Waals surface area contributed by atoms with E-state index >= 15 is 0 Å². The molecule has 3 nitrogen and oxygen atoms in total. The Bertz CT molecular complexity index is 725. The summed E-state index contributed by atoms with van der Waals surface area (Å²) in [6.45, 7) is 2.20. The van der Waals surface area contributed by atoms with Crippen molar-refractivity contribution in [2.75, 3.05) is 6.54 Å². The van der Waals surface area contributed by atoms with Gasteiger partial charge >= 0.3 is 0 Å². The standard InChI is InChI=1S/C20H26N2O/c1-2-5-14(6-3-1)23-15-9-10-19-17(13-15)16-7-4-8-18-20(16)22(19)12-11-21-18/h9-10,13-14,18,21H,1-8,11-12H2/t18-/m1/s1. The Morgan fingerprint density at radius 1 is 1.04 bits per heavy atom. The number of nitrogens with zero attached hydrogens (tertiary/aromatic N) is 1. The molecule has 0 amide bonds. The molecule has 1 atom stereocenters. The molecule has 1 aromatic heterocycles. The second kappa shape index (κ2) is 5.55. The van der Waals surface area contributed by atoms with Gasteiger partial charge in [0.15, 0.2) is 0 Å². The van der Waals surface area contributed by atoms with Gasteiger partial charge in [-0.05, 0) is 68.7 Å². The van der Waals surface area contributed by atoms with Gasteiger partial charge in [0.25, 0.3) is 0 Å². The molecule has 3 heteroatoms. The molecule has 5 rings (SSSR count). The predicted molar refractivity (Wildman–Crippen MR) is 93.1 cm³/mol. The van der Waals surface area contributed by atoms with E-state index in [4.69, 9.17) is 4.74 Å². The molecule has 1 fully saturated rings. The molecule has 0 saturated heterocycles. The molecule has 3 aliphatic rings. The first-order chi connectivity index (χ1) is 11.4. The summed E-state index contributed by atoms with van der Waals surface area (Å²) in [5.41, 5.74) is 4.56. The van der Waals surface area contributed by atoms with Crippen molar-refractivity contribution in [3.05, 3.63) is 29.5 Å². The molecule has 1 aromatic carbocycles. The highest BCUT2D eigenvalue weighted by atomic mass is 16.5. The first-order valence-corrected chi connectivity index (χ1v) is 9.45. The van der Waals surface area contributed by atoms with E-state index in [0.717, 1.165) is 18.8 Å². The summed E-state index contributed by atoms with van der Waals surface area (Å²) in [7, 11) is 0. The second-order valence-electron chi connectivity index (χ2n) is 7.47. The third-order valence-electron chi connectivity index (χ3n) is 6.01. The van der Waals surface area contributed by atoms with Crippen LogP contribution in [-0.4, -0.2) is 17.2 Å². The van der Waals surface area contributed by atoms with E-state index in [0.29, 0.717) is 12.1 Å². The number of aryl methyl sites for hydroxylation is 1. The van der Waals surface area contributed by atoms with Crippen molar-refractivity contribution in [1.82, 2.24) is 9.88 Å². The Balaban J connectivity index is 1.55. The Hall–Kier alpha value is -1.48. The fraction of sp³-hybridized carbons (Fsp3) is 0.600. The van der Waals surface area contributed by atoms with E-state index in [-0.39, 0.29) is 0 Å². The highest BCUT2D eigenvalue weighted by Gasteiger charge is 2.30. The monoisotopic (exact) mass is 310 g/mol. The first-order valence-electron chi connectivity index (χ1n) is 9.45. The SMILES string of the molecule is c1cc2c(cc1OC1CCCCC1)c1c3n2CCN[C@@H]3CCC1. The molecular weight excluding hydrogens is 284 g/mol. The van der Waals surface area contributed by atoms with Gasteiger partial charge in [-0.3, -0.25) is 0 Å². The Labute approximate surface area is 138 Å². The smallest absolute Gasteiger partial charge is 0.120 e. The van der Waals surface area contributed by atoms with Crippen LogP contribution in [0.15, 0.2) is 18.2 Å². The van der Waals surface area contributed by atoms with Crippen LogP contribution in [0.5, 0.6) is 5.75 Å². The van der Waals surface area contributed by atoms with Gasteiger partial charge in [-0.1, -0.05) is 6.42 Å². The maximum Gasteiger partial charge on any atom is 0.120 e. The zero-order valence-corrected chi connectivity index (χ0v) is 13.8. The number of benzene rings is 1. The summed E-state index contributed by atoms with van der Waals surface area (Å²) in [5.74, 6) is 1.08. The van der Waals surface area contributed by atoms with Gasteiger partial charge in [-0.15, -0.1) is 0 Å². The number of hydrogen-bond donors (Lipinski definition) is 1. The predicted octanol–water partition coefficient (Wildman–Crippen LogP) is 4.33. The lowest BCUT2D eigenvalue weighted by Crippen LogP contribution is -2.35. The van der Waals surface area contributed by atoms with Crippen LogP contribution in [-0.2, 0) is 13.0 Å². The van der Waals surface area contributed by atoms with Crippen LogP contribution < -0.4 is 10.1 Å². The quantitative estimate of drug-likeness (QED) is 0.893. The van der Waals surface area contributed by atoms with Crippen molar-refractivity contribution < 1.29 is 4.74 Å². The highest BCUT2D eigenvalue weighted by Crippen LogP contribution is 2.40. The molecule has 23 heavy (non-hydrogen) atoms. The number of rotatable bonds is 2. The largest absolute Gasteiger partial charge is 0.490 e. The zero-order chi connectivity index (χ0) is 15.2. The van der Waals surface area contributed by atoms with E-state index < -0.39 is 0 Å². The number of nitrogens with one attached hydrogen (secondary N) is 1. The Morgan fingerprint density at radius 3 is 2.87 bits per heavy atom. The first kappa shape index (κ1) is 13.9. The maximum absolute atomic E-state index is 6.31. The lowest BCUT2D eigenvalue weighted by atomic mass is 9.91. The van der Waals surface area contributed by atoms with Crippen LogP contribution in [0.2, 0.25) is 0 Å². The van der Waals surface area contributed by atoms with Crippen LogP contribution in [0, 0.1) is 0 Å². The van der Waals surface area contributed by atoms with E-state index in [1.165, 1.54) is 62.3 Å². The zero-order valence-electron chi connectivity index (χ0n) is 13.8. The number of hydrogen-bond acceptors (Lipinski definition) is 2. The van der Waals surface area contributed by atoms with Gasteiger partial charge < -0.3 is 14.6 Å². The molecule has 1 N–H and O–H groups in total. The van der Waals surface area contributed by atoms with Gasteiger partial charge in [0.05, 0.1) is 6.10 Å². The van der Waals surface area contributed by atoms with Crippen molar-refractivity contribution in [2.45, 2.75) is 70.1 Å². The van der Waals surface area contributed by atoms with Gasteiger partial charge in [0, 0.05) is 35.7 Å². The molecule has 1 saturated carbocycles. The topological polar surface area (TPSA) is 26.2 Å². The van der Waals surface area contributed by atoms with E-state index in [2.05, 4.69) is 28.1 Å². The van der Waals surface area contributed by atoms with E-state index in [1.807, 2.05) is 0 Å². The number of ether oxygens (including phenoxy) is 1. The van der Waals surface area contributed by atoms with Crippen LogP contribution >= 0.6 is 0 Å². The fourth-order valence-corrected chi connectivity index (χ4v) is 4.94. The van der Waals surface area contributed by atoms with E-state index in [9.17, 15) is 0 Å². The lowest BCUT2D eigenvalue weighted by Gasteiger charge is -2.31. The third-order valence-corrected chi connectivity index (χ3v) is 6.01. The number of fused-ring (bicyclic) bond motifs is 3. The van der Waals surface area contributed by atoms with E-state index in [1.54, 1.807) is 11.3 Å². The van der Waals surface area contributed by atoms with Crippen molar-refractivity contribution in [2.24, 2.45) is 0 Å². The third kappa shape index (κ3) is 2.28. The molecule has 1 aliphatic heterocycles. The molecule has 2 aromatic rings. The van der Waals surface area contributed by atoms with Crippen molar-refractivity contribution in [3.8, 4) is 5.75 Å². The summed E-state index contributed by atoms with van der Waals surface area (Å²) in [6, 6.07) is 7.40. The van der Waals surface area contributed by atoms with Crippen LogP contribution in [0.1, 0.15) is 62.2 Å². The molecule has 0 spiro atoms. The summed E-state index contributed by atoms with van der Waals surface area (Å²) in [5, 5.41) is 5.15. The molecule has 0 radical (unpaired) electrons. The summed E-state index contributed by atoms with van der Waals surface area (Å²) in [6.07, 6.45) is 10.7. The van der Waals surface area contributed by atoms with Crippen LogP contribution in [0.4, 0.5) is 0 Å². The van der Waals surface area contributed by atoms with Gasteiger partial charge in [0.2, 0.25) is 0 Å². The maximum atomic E-state index is 6.31. The minimum atomic E-state index is 0.434. The lowest BCUT2D eigenvalue weighted by molar-refractivity contribution is 0.155. The minimum absolute atomic E-state index is 0.434. The molecule has 0 bridgehead atoms. The molecule has 2 heterocycles. The van der Waals surface area contributed by atoms with Crippen molar-refractivity contribution >= 4 is 10.9 Å². The Kier molecular flexibility index (Phi) is 3.36. The normalized spacial score (nSPS) is 24.6. The summed E-state index contributed by atoms with van der Waals surface area (Å²) >= 11 is 0. The van der Waals surface area contributed by atoms with Crippen LogP contribution in [0.25, 0.3) is 10.9 Å². The van der Waals surface area contributed by atoms with Crippen molar-refractivity contribution in [1.29, 1.82) is 0 Å². The average Bonchev–Trinajstić information content (AvgIpc) is 2.92. The second-order valence-corrected chi connectivity index (χ2v) is 7.47. The van der Waals surface area contributed by atoms with Crippen LogP contribution in [0.3, 0.4) is 0 Å². The number of aromatic nitrogens is 1. The molecule has 2 aliphatic carbocycles. The molecular formula is C20H26N2O. The fourth-order valence-electron chi connectivity index (χ4n) is 4.94. The highest BCUT2D eigenvalue weighted by molar-refractivity contribution is 5.87. The van der Waals surface area contributed by atoms with Gasteiger partial charge in [0.1, 0.15) is 5.75 Å². The molecule has 122 valence electrons.